The van der Waals surface area contributed by atoms with Crippen LogP contribution in [0.4, 0.5) is 4.79 Å². The smallest absolute Gasteiger partial charge is 0.317 e. The van der Waals surface area contributed by atoms with Crippen LogP contribution >= 0.6 is 0 Å². The summed E-state index contributed by atoms with van der Waals surface area (Å²) < 4.78 is 0. The highest BCUT2D eigenvalue weighted by atomic mass is 16.4. The van der Waals surface area contributed by atoms with Crippen LogP contribution in [0.15, 0.2) is 0 Å². The molecule has 0 aromatic rings. The number of carboxylic acid groups (broad SMARTS) is 1. The minimum Gasteiger partial charge on any atom is -0.481 e. The van der Waals surface area contributed by atoms with Gasteiger partial charge in [0.25, 0.3) is 0 Å². The van der Waals surface area contributed by atoms with Gasteiger partial charge in [-0.05, 0) is 45.2 Å². The lowest BCUT2D eigenvalue weighted by molar-refractivity contribution is -0.149. The number of likely N-dealkylation sites (tertiary alicyclic amines) is 1. The number of rotatable bonds is 7. The topological polar surface area (TPSA) is 72.9 Å². The lowest BCUT2D eigenvalue weighted by Gasteiger charge is -2.27. The van der Waals surface area contributed by atoms with Crippen molar-refractivity contribution in [1.29, 1.82) is 0 Å². The number of aliphatic carboxylic acids is 1. The highest BCUT2D eigenvalue weighted by Gasteiger charge is 2.55. The van der Waals surface area contributed by atoms with E-state index in [1.54, 1.807) is 4.90 Å². The highest BCUT2D eigenvalue weighted by molar-refractivity contribution is 5.80. The molecule has 1 saturated heterocycles. The number of nitrogens with zero attached hydrogens (tertiary/aromatic N) is 2. The van der Waals surface area contributed by atoms with Gasteiger partial charge in [0.1, 0.15) is 0 Å². The van der Waals surface area contributed by atoms with Gasteiger partial charge in [0.15, 0.2) is 0 Å². The fourth-order valence-electron chi connectivity index (χ4n) is 4.22. The zero-order valence-corrected chi connectivity index (χ0v) is 14.7. The van der Waals surface area contributed by atoms with Crippen LogP contribution in [0, 0.1) is 11.3 Å². The monoisotopic (exact) mass is 325 g/mol. The average molecular weight is 325 g/mol. The first-order valence-electron chi connectivity index (χ1n) is 8.94. The van der Waals surface area contributed by atoms with Crippen molar-refractivity contribution in [3.05, 3.63) is 0 Å². The minimum atomic E-state index is -0.733. The first kappa shape index (κ1) is 18.0. The first-order valence-corrected chi connectivity index (χ1v) is 8.94. The van der Waals surface area contributed by atoms with Crippen molar-refractivity contribution in [1.82, 2.24) is 15.1 Å². The van der Waals surface area contributed by atoms with E-state index >= 15 is 0 Å². The molecule has 0 unspecified atom stereocenters. The zero-order valence-electron chi connectivity index (χ0n) is 14.7. The molecule has 6 heteroatoms. The van der Waals surface area contributed by atoms with E-state index in [1.165, 1.54) is 0 Å². The van der Waals surface area contributed by atoms with Gasteiger partial charge in [-0.1, -0.05) is 20.3 Å². The molecule has 2 fully saturated rings. The molecule has 23 heavy (non-hydrogen) atoms. The molecule has 1 heterocycles. The molecular formula is C17H31N3O3. The Balaban J connectivity index is 1.88. The molecule has 0 aromatic carbocycles. The average Bonchev–Trinajstić information content (AvgIpc) is 3.04. The van der Waals surface area contributed by atoms with Crippen LogP contribution in [-0.4, -0.2) is 65.7 Å². The van der Waals surface area contributed by atoms with Crippen LogP contribution in [0.3, 0.4) is 0 Å². The fourth-order valence-corrected chi connectivity index (χ4v) is 4.22. The summed E-state index contributed by atoms with van der Waals surface area (Å²) in [6, 6.07) is -0.0460. The molecule has 3 atom stereocenters. The van der Waals surface area contributed by atoms with Crippen molar-refractivity contribution in [3.63, 3.8) is 0 Å². The summed E-state index contributed by atoms with van der Waals surface area (Å²) in [6.07, 6.45) is 3.69. The molecular weight excluding hydrogens is 294 g/mol. The Morgan fingerprint density at radius 2 is 2.17 bits per heavy atom. The van der Waals surface area contributed by atoms with Gasteiger partial charge in [-0.3, -0.25) is 4.79 Å². The van der Waals surface area contributed by atoms with E-state index in [2.05, 4.69) is 24.1 Å². The molecule has 0 bridgehead atoms. The Kier molecular flexibility index (Phi) is 5.89. The van der Waals surface area contributed by atoms with Crippen LogP contribution < -0.4 is 5.32 Å². The summed E-state index contributed by atoms with van der Waals surface area (Å²) >= 11 is 0. The van der Waals surface area contributed by atoms with Gasteiger partial charge in [-0.15, -0.1) is 0 Å². The third-order valence-corrected chi connectivity index (χ3v) is 5.47. The van der Waals surface area contributed by atoms with Crippen LogP contribution in [0.2, 0.25) is 0 Å². The third kappa shape index (κ3) is 3.79. The molecule has 2 rings (SSSR count). The second-order valence-corrected chi connectivity index (χ2v) is 7.17. The molecule has 0 radical (unpaired) electrons. The number of carboxylic acids is 1. The molecule has 1 aliphatic carbocycles. The van der Waals surface area contributed by atoms with Gasteiger partial charge in [0, 0.05) is 25.7 Å². The number of likely N-dealkylation sites (N-methyl/N-ethyl adjacent to an activating group) is 1. The molecule has 6 nitrogen and oxygen atoms in total. The maximum Gasteiger partial charge on any atom is 0.317 e. The Morgan fingerprint density at radius 1 is 1.43 bits per heavy atom. The number of carbonyl (C=O) groups is 2. The highest BCUT2D eigenvalue weighted by Crippen LogP contribution is 2.48. The SMILES string of the molecule is CCCN(CC)C[C@@H](C)NC(=O)N1C[C@@H]2CCC[C@@]2(C(=O)O)C1. The number of nitrogens with one attached hydrogen (secondary N) is 1. The molecule has 2 N–H and O–H groups in total. The number of fused-ring (bicyclic) bond motifs is 1. The standard InChI is InChI=1S/C17H31N3O3/c1-4-9-19(5-2)10-13(3)18-16(23)20-11-14-7-6-8-17(14,12-20)15(21)22/h13-14H,4-12H2,1-3H3,(H,18,23)(H,21,22)/t13-,14+,17-/m1/s1. The third-order valence-electron chi connectivity index (χ3n) is 5.47. The van der Waals surface area contributed by atoms with Crippen molar-refractivity contribution in [3.8, 4) is 0 Å². The van der Waals surface area contributed by atoms with Crippen LogP contribution in [0.25, 0.3) is 0 Å². The zero-order chi connectivity index (χ0) is 17.0. The summed E-state index contributed by atoms with van der Waals surface area (Å²) in [5.74, 6) is -0.614. The maximum atomic E-state index is 12.5. The van der Waals surface area contributed by atoms with E-state index in [4.69, 9.17) is 0 Å². The van der Waals surface area contributed by atoms with Crippen molar-refractivity contribution in [2.75, 3.05) is 32.7 Å². The summed E-state index contributed by atoms with van der Waals surface area (Å²) in [6.45, 7) is 10.1. The number of amides is 2. The molecule has 0 aromatic heterocycles. The van der Waals surface area contributed by atoms with E-state index in [-0.39, 0.29) is 18.0 Å². The Hall–Kier alpha value is -1.30. The van der Waals surface area contributed by atoms with Crippen molar-refractivity contribution in [2.45, 2.75) is 52.5 Å². The minimum absolute atomic E-state index is 0.0650. The lowest BCUT2D eigenvalue weighted by atomic mass is 9.81. The van der Waals surface area contributed by atoms with E-state index in [9.17, 15) is 14.7 Å². The van der Waals surface area contributed by atoms with Gasteiger partial charge >= 0.3 is 12.0 Å². The van der Waals surface area contributed by atoms with Crippen molar-refractivity contribution in [2.24, 2.45) is 11.3 Å². The van der Waals surface area contributed by atoms with Crippen molar-refractivity contribution < 1.29 is 14.7 Å². The second-order valence-electron chi connectivity index (χ2n) is 7.17. The lowest BCUT2D eigenvalue weighted by Crippen LogP contribution is -2.48. The predicted molar refractivity (Wildman–Crippen MR) is 89.4 cm³/mol. The number of hydrogen-bond donors (Lipinski definition) is 2. The largest absolute Gasteiger partial charge is 0.481 e. The molecule has 1 saturated carbocycles. The quantitative estimate of drug-likeness (QED) is 0.751. The molecule has 2 amide bonds. The van der Waals surface area contributed by atoms with Crippen LogP contribution in [-0.2, 0) is 4.79 Å². The number of urea groups is 1. The van der Waals surface area contributed by atoms with E-state index in [0.717, 1.165) is 38.9 Å². The van der Waals surface area contributed by atoms with Gasteiger partial charge in [0.2, 0.25) is 0 Å². The summed E-state index contributed by atoms with van der Waals surface area (Å²) in [5.41, 5.74) is -0.696. The number of hydrogen-bond acceptors (Lipinski definition) is 3. The molecule has 2 aliphatic rings. The summed E-state index contributed by atoms with van der Waals surface area (Å²) in [7, 11) is 0. The van der Waals surface area contributed by atoms with Crippen molar-refractivity contribution >= 4 is 12.0 Å². The first-order chi connectivity index (χ1) is 10.9. The second kappa shape index (κ2) is 7.51. The normalized spacial score (nSPS) is 28.0. The van der Waals surface area contributed by atoms with Gasteiger partial charge in [-0.2, -0.15) is 0 Å². The van der Waals surface area contributed by atoms with Gasteiger partial charge in [0.05, 0.1) is 5.41 Å². The molecule has 1 aliphatic heterocycles. The van der Waals surface area contributed by atoms with E-state index in [1.807, 2.05) is 6.92 Å². The van der Waals surface area contributed by atoms with E-state index < -0.39 is 11.4 Å². The predicted octanol–water partition coefficient (Wildman–Crippen LogP) is 2.00. The van der Waals surface area contributed by atoms with Gasteiger partial charge in [-0.25, -0.2) is 4.79 Å². The van der Waals surface area contributed by atoms with E-state index in [0.29, 0.717) is 19.5 Å². The number of carbonyl (C=O) groups excluding carboxylic acids is 1. The van der Waals surface area contributed by atoms with Gasteiger partial charge < -0.3 is 20.2 Å². The fraction of sp³-hybridized carbons (Fsp3) is 0.882. The Bertz CT molecular complexity index is 443. The Morgan fingerprint density at radius 3 is 2.74 bits per heavy atom. The van der Waals surface area contributed by atoms with Crippen LogP contribution in [0.1, 0.15) is 46.5 Å². The Labute approximate surface area is 139 Å². The molecule has 0 spiro atoms. The maximum absolute atomic E-state index is 12.5. The summed E-state index contributed by atoms with van der Waals surface area (Å²) in [4.78, 5) is 28.2. The van der Waals surface area contributed by atoms with Crippen LogP contribution in [0.5, 0.6) is 0 Å². The molecule has 132 valence electrons. The summed E-state index contributed by atoms with van der Waals surface area (Å²) in [5, 5.41) is 12.6.